The van der Waals surface area contributed by atoms with Crippen molar-refractivity contribution in [3.05, 3.63) is 47.1 Å². The first-order valence-corrected chi connectivity index (χ1v) is 9.06. The van der Waals surface area contributed by atoms with Crippen LogP contribution in [0.5, 0.6) is 0 Å². The van der Waals surface area contributed by atoms with Crippen molar-refractivity contribution in [2.24, 2.45) is 11.7 Å². The molecular weight excluding hydrogens is 304 g/mol. The molecular formula is C18H22N4S. The van der Waals surface area contributed by atoms with E-state index in [1.54, 1.807) is 11.3 Å². The van der Waals surface area contributed by atoms with Crippen LogP contribution in [-0.2, 0) is 6.54 Å². The fourth-order valence-corrected chi connectivity index (χ4v) is 4.12. The highest BCUT2D eigenvalue weighted by molar-refractivity contribution is 7.15. The van der Waals surface area contributed by atoms with Crippen LogP contribution in [0.15, 0.2) is 35.8 Å². The summed E-state index contributed by atoms with van der Waals surface area (Å²) in [6, 6.07) is 8.68. The highest BCUT2D eigenvalue weighted by atomic mass is 32.1. The number of benzene rings is 1. The lowest BCUT2D eigenvalue weighted by atomic mass is 10.1. The Labute approximate surface area is 140 Å². The molecule has 0 unspecified atom stereocenters. The Morgan fingerprint density at radius 2 is 2.13 bits per heavy atom. The molecule has 1 saturated heterocycles. The van der Waals surface area contributed by atoms with E-state index in [9.17, 15) is 0 Å². The smallest absolute Gasteiger partial charge is 0.194 e. The predicted molar refractivity (Wildman–Crippen MR) is 95.7 cm³/mol. The first kappa shape index (κ1) is 14.9. The number of nitrogens with two attached hydrogens (primary N) is 1. The summed E-state index contributed by atoms with van der Waals surface area (Å²) in [6.45, 7) is 6.08. The predicted octanol–water partition coefficient (Wildman–Crippen LogP) is 3.15. The molecule has 1 aliphatic heterocycles. The number of likely N-dealkylation sites (tertiary alicyclic amines) is 1. The molecule has 0 aliphatic carbocycles. The van der Waals surface area contributed by atoms with Gasteiger partial charge in [-0.2, -0.15) is 0 Å². The molecule has 0 bridgehead atoms. The SMILES string of the molecule is Cc1ccc(-c2nc3sccn3c2CN2CC[C@H](CN)C2)cc1. The Morgan fingerprint density at radius 1 is 1.30 bits per heavy atom. The van der Waals surface area contributed by atoms with Gasteiger partial charge in [-0.3, -0.25) is 9.30 Å². The van der Waals surface area contributed by atoms with E-state index < -0.39 is 0 Å². The molecule has 120 valence electrons. The molecule has 23 heavy (non-hydrogen) atoms. The normalized spacial score (nSPS) is 19.0. The first-order valence-electron chi connectivity index (χ1n) is 8.18. The van der Waals surface area contributed by atoms with Gasteiger partial charge in [0.15, 0.2) is 4.96 Å². The van der Waals surface area contributed by atoms with Gasteiger partial charge in [-0.25, -0.2) is 4.98 Å². The second kappa shape index (κ2) is 6.07. The van der Waals surface area contributed by atoms with Crippen molar-refractivity contribution in [3.63, 3.8) is 0 Å². The van der Waals surface area contributed by atoms with Crippen LogP contribution in [-0.4, -0.2) is 33.9 Å². The number of aromatic nitrogens is 2. The van der Waals surface area contributed by atoms with Gasteiger partial charge in [0.1, 0.15) is 0 Å². The number of aryl methyl sites for hydroxylation is 1. The van der Waals surface area contributed by atoms with Gasteiger partial charge in [0, 0.05) is 30.2 Å². The van der Waals surface area contributed by atoms with Gasteiger partial charge in [-0.1, -0.05) is 29.8 Å². The molecule has 1 atom stereocenters. The zero-order chi connectivity index (χ0) is 15.8. The van der Waals surface area contributed by atoms with E-state index in [2.05, 4.69) is 52.1 Å². The average Bonchev–Trinajstić information content (AvgIpc) is 3.26. The van der Waals surface area contributed by atoms with E-state index in [0.29, 0.717) is 5.92 Å². The number of hydrogen-bond acceptors (Lipinski definition) is 4. The van der Waals surface area contributed by atoms with Gasteiger partial charge < -0.3 is 5.73 Å². The van der Waals surface area contributed by atoms with Gasteiger partial charge in [0.2, 0.25) is 0 Å². The highest BCUT2D eigenvalue weighted by Gasteiger charge is 2.24. The lowest BCUT2D eigenvalue weighted by Crippen LogP contribution is -2.23. The van der Waals surface area contributed by atoms with E-state index in [4.69, 9.17) is 10.7 Å². The molecule has 2 aromatic heterocycles. The second-order valence-corrected chi connectivity index (χ2v) is 7.33. The molecule has 1 aromatic carbocycles. The van der Waals surface area contributed by atoms with Gasteiger partial charge in [-0.15, -0.1) is 11.3 Å². The highest BCUT2D eigenvalue weighted by Crippen LogP contribution is 2.29. The van der Waals surface area contributed by atoms with Crippen molar-refractivity contribution in [2.45, 2.75) is 19.9 Å². The van der Waals surface area contributed by atoms with Crippen molar-refractivity contribution < 1.29 is 0 Å². The second-order valence-electron chi connectivity index (χ2n) is 6.45. The Kier molecular flexibility index (Phi) is 3.93. The van der Waals surface area contributed by atoms with Gasteiger partial charge in [-0.05, 0) is 32.4 Å². The van der Waals surface area contributed by atoms with Gasteiger partial charge in [0.05, 0.1) is 11.4 Å². The number of hydrogen-bond donors (Lipinski definition) is 1. The summed E-state index contributed by atoms with van der Waals surface area (Å²) in [5.41, 5.74) is 10.7. The van der Waals surface area contributed by atoms with Crippen LogP contribution in [0.2, 0.25) is 0 Å². The maximum Gasteiger partial charge on any atom is 0.194 e. The Balaban J connectivity index is 1.70. The van der Waals surface area contributed by atoms with Crippen LogP contribution in [0.1, 0.15) is 17.7 Å². The summed E-state index contributed by atoms with van der Waals surface area (Å²) in [5.74, 6) is 0.642. The van der Waals surface area contributed by atoms with E-state index in [1.165, 1.54) is 23.2 Å². The number of imidazole rings is 1. The molecule has 0 spiro atoms. The third kappa shape index (κ3) is 2.80. The molecule has 4 rings (SSSR count). The summed E-state index contributed by atoms with van der Waals surface area (Å²) in [6.07, 6.45) is 3.35. The third-order valence-electron chi connectivity index (χ3n) is 4.76. The molecule has 4 nitrogen and oxygen atoms in total. The molecule has 3 heterocycles. The summed E-state index contributed by atoms with van der Waals surface area (Å²) < 4.78 is 2.25. The molecule has 3 aromatic rings. The van der Waals surface area contributed by atoms with Crippen molar-refractivity contribution in [2.75, 3.05) is 19.6 Å². The monoisotopic (exact) mass is 326 g/mol. The Morgan fingerprint density at radius 3 is 2.87 bits per heavy atom. The largest absolute Gasteiger partial charge is 0.330 e. The average molecular weight is 326 g/mol. The molecule has 1 aliphatic rings. The fourth-order valence-electron chi connectivity index (χ4n) is 3.39. The maximum absolute atomic E-state index is 5.84. The van der Waals surface area contributed by atoms with E-state index >= 15 is 0 Å². The molecule has 0 radical (unpaired) electrons. The number of thiazole rings is 1. The van der Waals surface area contributed by atoms with Crippen molar-refractivity contribution in [1.29, 1.82) is 0 Å². The van der Waals surface area contributed by atoms with E-state index in [1.807, 2.05) is 0 Å². The zero-order valence-electron chi connectivity index (χ0n) is 13.4. The summed E-state index contributed by atoms with van der Waals surface area (Å²) in [4.78, 5) is 8.47. The molecule has 2 N–H and O–H groups in total. The van der Waals surface area contributed by atoms with Crippen LogP contribution in [0.3, 0.4) is 0 Å². The Bertz CT molecular complexity index is 802. The van der Waals surface area contributed by atoms with Crippen molar-refractivity contribution in [1.82, 2.24) is 14.3 Å². The third-order valence-corrected chi connectivity index (χ3v) is 5.52. The van der Waals surface area contributed by atoms with Crippen LogP contribution in [0.25, 0.3) is 16.2 Å². The minimum absolute atomic E-state index is 0.642. The molecule has 5 heteroatoms. The van der Waals surface area contributed by atoms with E-state index in [0.717, 1.165) is 36.8 Å². The molecule has 0 saturated carbocycles. The summed E-state index contributed by atoms with van der Waals surface area (Å²) in [7, 11) is 0. The minimum Gasteiger partial charge on any atom is -0.330 e. The topological polar surface area (TPSA) is 46.6 Å². The van der Waals surface area contributed by atoms with Crippen LogP contribution >= 0.6 is 11.3 Å². The lowest BCUT2D eigenvalue weighted by molar-refractivity contribution is 0.313. The molecule has 0 amide bonds. The number of fused-ring (bicyclic) bond motifs is 1. The van der Waals surface area contributed by atoms with Crippen LogP contribution in [0, 0.1) is 12.8 Å². The van der Waals surface area contributed by atoms with Crippen LogP contribution in [0.4, 0.5) is 0 Å². The number of nitrogens with zero attached hydrogens (tertiary/aromatic N) is 3. The standard InChI is InChI=1S/C18H22N4S/c1-13-2-4-15(5-3-13)17-16(22-8-9-23-18(22)20-17)12-21-7-6-14(10-19)11-21/h2-5,8-9,14H,6-7,10-12,19H2,1H3/t14-/m1/s1. The number of rotatable bonds is 4. The first-order chi connectivity index (χ1) is 11.2. The van der Waals surface area contributed by atoms with Crippen LogP contribution < -0.4 is 5.73 Å². The fraction of sp³-hybridized carbons (Fsp3) is 0.389. The molecule has 1 fully saturated rings. The van der Waals surface area contributed by atoms with Crippen molar-refractivity contribution >= 4 is 16.3 Å². The maximum atomic E-state index is 5.84. The quantitative estimate of drug-likeness (QED) is 0.801. The van der Waals surface area contributed by atoms with Crippen molar-refractivity contribution in [3.8, 4) is 11.3 Å². The van der Waals surface area contributed by atoms with E-state index in [-0.39, 0.29) is 0 Å². The van der Waals surface area contributed by atoms with Gasteiger partial charge in [0.25, 0.3) is 0 Å². The van der Waals surface area contributed by atoms with Gasteiger partial charge >= 0.3 is 0 Å². The summed E-state index contributed by atoms with van der Waals surface area (Å²) >= 11 is 1.70. The lowest BCUT2D eigenvalue weighted by Gasteiger charge is -2.16. The summed E-state index contributed by atoms with van der Waals surface area (Å²) in [5, 5.41) is 2.11. The zero-order valence-corrected chi connectivity index (χ0v) is 14.2. The Hall–Kier alpha value is -1.69. The minimum atomic E-state index is 0.642.